The molecular formula is C33H42BrClN2O4S. The number of sulfonamides is 1. The van der Waals surface area contributed by atoms with E-state index >= 15 is 0 Å². The minimum absolute atomic E-state index is 0.0447. The second-order valence-electron chi connectivity index (χ2n) is 13.3. The van der Waals surface area contributed by atoms with Gasteiger partial charge in [0.05, 0.1) is 17.5 Å². The molecular weight excluding hydrogens is 636 g/mol. The number of carbonyl (C=O) groups is 1. The fourth-order valence-electron chi connectivity index (χ4n) is 7.91. The molecule has 6 rings (SSSR count). The van der Waals surface area contributed by atoms with Crippen LogP contribution in [0.2, 0.25) is 5.02 Å². The molecule has 6 atom stereocenters. The van der Waals surface area contributed by atoms with Crippen LogP contribution in [0.15, 0.2) is 36.4 Å². The first kappa shape index (κ1) is 30.3. The first-order valence-electron chi connectivity index (χ1n) is 15.5. The summed E-state index contributed by atoms with van der Waals surface area (Å²) in [6, 6.07) is 11.7. The number of carbonyl (C=O) groups excluding carboxylic acids is 1. The normalized spacial score (nSPS) is 32.9. The Morgan fingerprint density at radius 2 is 1.93 bits per heavy atom. The lowest BCUT2D eigenvalue weighted by Gasteiger charge is -2.46. The fourth-order valence-corrected chi connectivity index (χ4v) is 10.2. The number of hydrogen-bond acceptors (Lipinski definition) is 5. The maximum Gasteiger partial charge on any atom is 0.264 e. The average Bonchev–Trinajstić information content (AvgIpc) is 3.10. The number of ether oxygens (including phenoxy) is 1. The number of amides is 1. The number of rotatable bonds is 1. The van der Waals surface area contributed by atoms with E-state index < -0.39 is 21.2 Å². The summed E-state index contributed by atoms with van der Waals surface area (Å²) >= 11 is 10.2. The summed E-state index contributed by atoms with van der Waals surface area (Å²) in [6.45, 7) is 5.94. The molecule has 1 fully saturated rings. The third-order valence-electron chi connectivity index (χ3n) is 10.8. The van der Waals surface area contributed by atoms with Gasteiger partial charge in [-0.2, -0.15) is 0 Å². The van der Waals surface area contributed by atoms with Crippen LogP contribution in [-0.4, -0.2) is 44.6 Å². The van der Waals surface area contributed by atoms with Gasteiger partial charge in [0.15, 0.2) is 0 Å². The molecule has 0 unspecified atom stereocenters. The molecule has 42 heavy (non-hydrogen) atoms. The zero-order valence-electron chi connectivity index (χ0n) is 24.6. The summed E-state index contributed by atoms with van der Waals surface area (Å²) < 4.78 is 35.5. The maximum atomic E-state index is 13.4. The summed E-state index contributed by atoms with van der Waals surface area (Å²) in [4.78, 5) is 15.8. The molecule has 0 saturated heterocycles. The van der Waals surface area contributed by atoms with Gasteiger partial charge in [0.25, 0.3) is 5.91 Å². The number of nitrogens with zero attached hydrogens (tertiary/aromatic N) is 1. The molecule has 9 heteroatoms. The largest absolute Gasteiger partial charge is 0.490 e. The predicted molar refractivity (Wildman–Crippen MR) is 173 cm³/mol. The van der Waals surface area contributed by atoms with Gasteiger partial charge in [-0.3, -0.25) is 4.79 Å². The molecule has 2 aliphatic heterocycles. The van der Waals surface area contributed by atoms with Crippen LogP contribution < -0.4 is 14.4 Å². The number of anilines is 1. The molecule has 2 bridgehead atoms. The molecule has 1 saturated carbocycles. The molecule has 228 valence electrons. The number of fused-ring (bicyclic) bond motifs is 4. The first-order chi connectivity index (χ1) is 20.1. The van der Waals surface area contributed by atoms with E-state index in [4.69, 9.17) is 16.3 Å². The Balaban J connectivity index is 1.42. The van der Waals surface area contributed by atoms with Crippen LogP contribution in [0.4, 0.5) is 5.69 Å². The molecule has 6 nitrogen and oxygen atoms in total. The second-order valence-corrected chi connectivity index (χ2v) is 16.4. The summed E-state index contributed by atoms with van der Waals surface area (Å²) in [6.07, 6.45) is 8.42. The van der Waals surface area contributed by atoms with Gasteiger partial charge in [-0.25, -0.2) is 13.1 Å². The summed E-state index contributed by atoms with van der Waals surface area (Å²) in [5, 5.41) is 1.07. The minimum Gasteiger partial charge on any atom is -0.490 e. The number of aryl methyl sites for hydroxylation is 1. The Bertz CT molecular complexity index is 1450. The SMILES string of the molecule is C[C@@H]1[C@@H](C)CCC[C@H](CBr)[C@@H]2CC[C@H]2CN2C[C@@]3(CCCc4cc(Cl)ccc43)COc3ccc(cc32)C(=O)NS1(=O)=O. The van der Waals surface area contributed by atoms with Crippen molar-refractivity contribution in [1.29, 1.82) is 0 Å². The zero-order chi connectivity index (χ0) is 29.6. The van der Waals surface area contributed by atoms with Crippen molar-refractivity contribution in [3.63, 3.8) is 0 Å². The van der Waals surface area contributed by atoms with Gasteiger partial charge in [0.2, 0.25) is 10.0 Å². The molecule has 1 spiro atoms. The van der Waals surface area contributed by atoms with Crippen molar-refractivity contribution in [3.8, 4) is 5.75 Å². The van der Waals surface area contributed by atoms with Crippen LogP contribution in [0, 0.1) is 23.7 Å². The van der Waals surface area contributed by atoms with Gasteiger partial charge in [0.1, 0.15) is 5.75 Å². The number of hydrogen-bond donors (Lipinski definition) is 1. The van der Waals surface area contributed by atoms with Gasteiger partial charge in [0, 0.05) is 34.4 Å². The van der Waals surface area contributed by atoms with E-state index in [9.17, 15) is 13.2 Å². The Morgan fingerprint density at radius 3 is 2.69 bits per heavy atom. The van der Waals surface area contributed by atoms with E-state index in [1.807, 2.05) is 25.1 Å². The van der Waals surface area contributed by atoms with Crippen molar-refractivity contribution >= 4 is 49.1 Å². The van der Waals surface area contributed by atoms with Crippen LogP contribution >= 0.6 is 27.5 Å². The lowest BCUT2D eigenvalue weighted by molar-refractivity contribution is 0.0980. The highest BCUT2D eigenvalue weighted by Gasteiger charge is 2.44. The van der Waals surface area contributed by atoms with Crippen LogP contribution in [0.25, 0.3) is 0 Å². The molecule has 2 aromatic rings. The van der Waals surface area contributed by atoms with Crippen molar-refractivity contribution in [3.05, 3.63) is 58.1 Å². The predicted octanol–water partition coefficient (Wildman–Crippen LogP) is 7.12. The van der Waals surface area contributed by atoms with Crippen LogP contribution in [-0.2, 0) is 21.9 Å². The molecule has 2 heterocycles. The molecule has 1 N–H and O–H groups in total. The second kappa shape index (κ2) is 12.0. The first-order valence-corrected chi connectivity index (χ1v) is 18.6. The third-order valence-corrected chi connectivity index (χ3v) is 13.8. The van der Waals surface area contributed by atoms with Crippen molar-refractivity contribution in [1.82, 2.24) is 4.72 Å². The summed E-state index contributed by atoms with van der Waals surface area (Å²) in [5.41, 5.74) is 3.64. The van der Waals surface area contributed by atoms with E-state index in [1.165, 1.54) is 24.0 Å². The lowest BCUT2D eigenvalue weighted by atomic mass is 9.65. The van der Waals surface area contributed by atoms with E-state index in [2.05, 4.69) is 37.7 Å². The number of benzene rings is 2. The molecule has 0 aromatic heterocycles. The van der Waals surface area contributed by atoms with Crippen LogP contribution in [0.1, 0.15) is 80.3 Å². The lowest BCUT2D eigenvalue weighted by Crippen LogP contribution is -2.49. The molecule has 2 aromatic carbocycles. The van der Waals surface area contributed by atoms with Crippen molar-refractivity contribution in [2.24, 2.45) is 23.7 Å². The average molecular weight is 678 g/mol. The van der Waals surface area contributed by atoms with Gasteiger partial charge in [-0.15, -0.1) is 0 Å². The Kier molecular flexibility index (Phi) is 8.62. The molecule has 1 amide bonds. The van der Waals surface area contributed by atoms with E-state index in [-0.39, 0.29) is 11.3 Å². The van der Waals surface area contributed by atoms with Gasteiger partial charge in [-0.05, 0) is 117 Å². The Labute approximate surface area is 264 Å². The Hall–Kier alpha value is -1.77. The van der Waals surface area contributed by atoms with Gasteiger partial charge in [-0.1, -0.05) is 46.9 Å². The third kappa shape index (κ3) is 5.72. The van der Waals surface area contributed by atoms with Crippen LogP contribution in [0.5, 0.6) is 5.75 Å². The van der Waals surface area contributed by atoms with Crippen molar-refractivity contribution < 1.29 is 17.9 Å². The highest BCUT2D eigenvalue weighted by molar-refractivity contribution is 9.09. The standard InChI is InChI=1S/C33H42BrClN2O4S/c1-21-5-3-6-25(17-34)28-11-8-26(28)18-37-19-33(14-4-7-23-15-27(35)10-12-29(23)33)20-41-31-13-9-24(16-30(31)37)32(38)36-42(39,40)22(21)2/h9-10,12-13,15-16,21-22,25-26,28H,3-8,11,14,17-20H2,1-2H3,(H,36,38)/t21-,22+,25+,26-,28-,33-/m0/s1. The summed E-state index contributed by atoms with van der Waals surface area (Å²) in [5.74, 6) is 1.88. The minimum atomic E-state index is -3.83. The Morgan fingerprint density at radius 1 is 1.10 bits per heavy atom. The number of halogens is 2. The molecule has 2 aliphatic carbocycles. The van der Waals surface area contributed by atoms with E-state index in [1.54, 1.807) is 13.0 Å². The maximum absolute atomic E-state index is 13.4. The van der Waals surface area contributed by atoms with Crippen LogP contribution in [0.3, 0.4) is 0 Å². The quantitative estimate of drug-likeness (QED) is 0.326. The smallest absolute Gasteiger partial charge is 0.264 e. The highest BCUT2D eigenvalue weighted by atomic mass is 79.9. The van der Waals surface area contributed by atoms with Gasteiger partial charge >= 0.3 is 0 Å². The fraction of sp³-hybridized carbons (Fsp3) is 0.606. The number of nitrogens with one attached hydrogen (secondary N) is 1. The molecule has 0 radical (unpaired) electrons. The van der Waals surface area contributed by atoms with Gasteiger partial charge < -0.3 is 9.64 Å². The van der Waals surface area contributed by atoms with E-state index in [0.29, 0.717) is 29.9 Å². The molecule has 4 aliphatic rings. The van der Waals surface area contributed by atoms with Crippen molar-refractivity contribution in [2.75, 3.05) is 29.9 Å². The van der Waals surface area contributed by atoms with E-state index in [0.717, 1.165) is 73.4 Å². The monoisotopic (exact) mass is 676 g/mol. The highest BCUT2D eigenvalue weighted by Crippen LogP contribution is 2.48. The zero-order valence-corrected chi connectivity index (χ0v) is 27.7. The number of alkyl halides is 1. The van der Waals surface area contributed by atoms with Crippen molar-refractivity contribution in [2.45, 2.75) is 75.9 Å². The topological polar surface area (TPSA) is 75.7 Å². The summed E-state index contributed by atoms with van der Waals surface area (Å²) in [7, 11) is -3.83.